The second-order valence-corrected chi connectivity index (χ2v) is 2.76. The van der Waals surface area contributed by atoms with Gasteiger partial charge in [-0.1, -0.05) is 13.0 Å². The first kappa shape index (κ1) is 9.22. The Balaban J connectivity index is 3.02. The number of hydrogen-bond donors (Lipinski definition) is 2. The lowest BCUT2D eigenvalue weighted by molar-refractivity contribution is 0.425. The molecular weight excluding hydrogens is 153 g/mol. The zero-order valence-electron chi connectivity index (χ0n) is 7.28. The lowest BCUT2D eigenvalue weighted by atomic mass is 9.81. The Labute approximate surface area is 72.2 Å². The lowest BCUT2D eigenvalue weighted by Crippen LogP contribution is -2.30. The number of aromatic nitrogens is 1. The van der Waals surface area contributed by atoms with Crippen molar-refractivity contribution in [3.63, 3.8) is 0 Å². The highest BCUT2D eigenvalue weighted by molar-refractivity contribution is 6.58. The molecule has 0 unspecified atom stereocenters. The Kier molecular flexibility index (Phi) is 2.84. The van der Waals surface area contributed by atoms with Crippen LogP contribution in [0, 0.1) is 6.92 Å². The number of rotatable bonds is 2. The van der Waals surface area contributed by atoms with Crippen LogP contribution < -0.4 is 5.46 Å². The van der Waals surface area contributed by atoms with E-state index in [0.29, 0.717) is 5.46 Å². The van der Waals surface area contributed by atoms with Gasteiger partial charge >= 0.3 is 7.12 Å². The molecular formula is C8H12BNO2. The van der Waals surface area contributed by atoms with Crippen molar-refractivity contribution < 1.29 is 10.0 Å². The van der Waals surface area contributed by atoms with Crippen molar-refractivity contribution in [1.82, 2.24) is 4.98 Å². The molecule has 0 amide bonds. The quantitative estimate of drug-likeness (QED) is 0.588. The summed E-state index contributed by atoms with van der Waals surface area (Å²) in [6, 6.07) is 1.75. The van der Waals surface area contributed by atoms with Crippen molar-refractivity contribution >= 4 is 12.6 Å². The molecule has 1 rings (SSSR count). The summed E-state index contributed by atoms with van der Waals surface area (Å²) >= 11 is 0. The van der Waals surface area contributed by atoms with E-state index in [4.69, 9.17) is 10.0 Å². The summed E-state index contributed by atoms with van der Waals surface area (Å²) in [6.07, 6.45) is 2.37. The van der Waals surface area contributed by atoms with E-state index in [1.165, 1.54) is 6.20 Å². The predicted octanol–water partition coefficient (Wildman–Crippen LogP) is -0.368. The molecule has 0 atom stereocenters. The van der Waals surface area contributed by atoms with Crippen molar-refractivity contribution in [3.8, 4) is 0 Å². The molecule has 1 aromatic rings. The van der Waals surface area contributed by atoms with Gasteiger partial charge in [0.05, 0.1) is 0 Å². The average molecular weight is 165 g/mol. The van der Waals surface area contributed by atoms with Gasteiger partial charge in [0.25, 0.3) is 0 Å². The van der Waals surface area contributed by atoms with E-state index in [0.717, 1.165) is 17.7 Å². The standard InChI is InChI=1S/C8H12BNO2/c1-3-8-6(2)4-7(5-10-8)9(11)12/h4-5,11-12H,3H2,1-2H3. The van der Waals surface area contributed by atoms with Gasteiger partial charge in [-0.2, -0.15) is 0 Å². The summed E-state index contributed by atoms with van der Waals surface area (Å²) in [5.41, 5.74) is 2.45. The monoisotopic (exact) mass is 165 g/mol. The molecule has 12 heavy (non-hydrogen) atoms. The van der Waals surface area contributed by atoms with Crippen LogP contribution in [0.15, 0.2) is 12.3 Å². The Morgan fingerprint density at radius 1 is 1.50 bits per heavy atom. The molecule has 0 aliphatic heterocycles. The number of pyridine rings is 1. The van der Waals surface area contributed by atoms with E-state index in [2.05, 4.69) is 4.98 Å². The van der Waals surface area contributed by atoms with E-state index < -0.39 is 7.12 Å². The van der Waals surface area contributed by atoms with Crippen LogP contribution in [0.4, 0.5) is 0 Å². The minimum Gasteiger partial charge on any atom is -0.423 e. The minimum atomic E-state index is -1.41. The van der Waals surface area contributed by atoms with Crippen LogP contribution >= 0.6 is 0 Å². The molecule has 4 heteroatoms. The largest absolute Gasteiger partial charge is 0.490 e. The molecule has 0 aliphatic carbocycles. The summed E-state index contributed by atoms with van der Waals surface area (Å²) < 4.78 is 0. The normalized spacial score (nSPS) is 10.0. The molecule has 0 aromatic carbocycles. The summed E-state index contributed by atoms with van der Waals surface area (Å²) in [4.78, 5) is 4.10. The second-order valence-electron chi connectivity index (χ2n) is 2.76. The number of aryl methyl sites for hydroxylation is 2. The van der Waals surface area contributed by atoms with Gasteiger partial charge in [0.1, 0.15) is 0 Å². The smallest absolute Gasteiger partial charge is 0.423 e. The summed E-state index contributed by atoms with van der Waals surface area (Å²) in [5.74, 6) is 0. The topological polar surface area (TPSA) is 53.4 Å². The molecule has 1 aromatic heterocycles. The zero-order valence-corrected chi connectivity index (χ0v) is 7.28. The van der Waals surface area contributed by atoms with Crippen LogP contribution in [0.5, 0.6) is 0 Å². The maximum atomic E-state index is 8.83. The van der Waals surface area contributed by atoms with Gasteiger partial charge in [-0.05, 0) is 18.9 Å². The first-order valence-corrected chi connectivity index (χ1v) is 3.96. The van der Waals surface area contributed by atoms with Gasteiger partial charge < -0.3 is 10.0 Å². The van der Waals surface area contributed by atoms with Gasteiger partial charge in [0.15, 0.2) is 0 Å². The highest BCUT2D eigenvalue weighted by Gasteiger charge is 2.11. The Hall–Kier alpha value is -0.865. The van der Waals surface area contributed by atoms with E-state index in [1.807, 2.05) is 13.8 Å². The van der Waals surface area contributed by atoms with Gasteiger partial charge in [-0.15, -0.1) is 0 Å². The van der Waals surface area contributed by atoms with E-state index in [-0.39, 0.29) is 0 Å². The number of nitrogens with zero attached hydrogens (tertiary/aromatic N) is 1. The van der Waals surface area contributed by atoms with Crippen LogP contribution in [-0.2, 0) is 6.42 Å². The van der Waals surface area contributed by atoms with Gasteiger partial charge in [-0.25, -0.2) is 0 Å². The fraction of sp³-hybridized carbons (Fsp3) is 0.375. The van der Waals surface area contributed by atoms with Gasteiger partial charge in [-0.3, -0.25) is 4.98 Å². The van der Waals surface area contributed by atoms with E-state index in [9.17, 15) is 0 Å². The van der Waals surface area contributed by atoms with Gasteiger partial charge in [0, 0.05) is 17.4 Å². The third-order valence-corrected chi connectivity index (χ3v) is 1.84. The van der Waals surface area contributed by atoms with Crippen LogP contribution in [0.25, 0.3) is 0 Å². The van der Waals surface area contributed by atoms with Crippen LogP contribution in [0.1, 0.15) is 18.2 Å². The van der Waals surface area contributed by atoms with Crippen LogP contribution in [-0.4, -0.2) is 22.2 Å². The molecule has 64 valence electrons. The highest BCUT2D eigenvalue weighted by atomic mass is 16.4. The molecule has 1 heterocycles. The van der Waals surface area contributed by atoms with E-state index >= 15 is 0 Å². The molecule has 0 fully saturated rings. The van der Waals surface area contributed by atoms with Crippen LogP contribution in [0.2, 0.25) is 0 Å². The maximum absolute atomic E-state index is 8.83. The van der Waals surface area contributed by atoms with Crippen LogP contribution in [0.3, 0.4) is 0 Å². The molecule has 0 saturated carbocycles. The van der Waals surface area contributed by atoms with E-state index in [1.54, 1.807) is 6.07 Å². The lowest BCUT2D eigenvalue weighted by Gasteiger charge is -2.04. The minimum absolute atomic E-state index is 0.449. The van der Waals surface area contributed by atoms with Crippen molar-refractivity contribution in [1.29, 1.82) is 0 Å². The first-order valence-electron chi connectivity index (χ1n) is 3.96. The third-order valence-electron chi connectivity index (χ3n) is 1.84. The van der Waals surface area contributed by atoms with Gasteiger partial charge in [0.2, 0.25) is 0 Å². The predicted molar refractivity (Wildman–Crippen MR) is 48.2 cm³/mol. The Morgan fingerprint density at radius 2 is 2.17 bits per heavy atom. The van der Waals surface area contributed by atoms with Crippen molar-refractivity contribution in [2.24, 2.45) is 0 Å². The SMILES string of the molecule is CCc1ncc(B(O)O)cc1C. The molecule has 0 spiro atoms. The fourth-order valence-corrected chi connectivity index (χ4v) is 1.14. The highest BCUT2D eigenvalue weighted by Crippen LogP contribution is 2.01. The van der Waals surface area contributed by atoms with Crippen molar-refractivity contribution in [3.05, 3.63) is 23.5 Å². The van der Waals surface area contributed by atoms with Crippen molar-refractivity contribution in [2.75, 3.05) is 0 Å². The molecule has 0 bridgehead atoms. The molecule has 0 radical (unpaired) electrons. The average Bonchev–Trinajstić information content (AvgIpc) is 2.04. The maximum Gasteiger partial charge on any atom is 0.490 e. The summed E-state index contributed by atoms with van der Waals surface area (Å²) in [5, 5.41) is 17.7. The fourth-order valence-electron chi connectivity index (χ4n) is 1.14. The second kappa shape index (κ2) is 3.69. The summed E-state index contributed by atoms with van der Waals surface area (Å²) in [6.45, 7) is 3.93. The molecule has 0 aliphatic rings. The summed E-state index contributed by atoms with van der Waals surface area (Å²) in [7, 11) is -1.41. The zero-order chi connectivity index (χ0) is 9.14. The Bertz CT molecular complexity index is 276. The molecule has 0 saturated heterocycles. The molecule has 3 nitrogen and oxygen atoms in total. The first-order chi connectivity index (χ1) is 5.65. The van der Waals surface area contributed by atoms with Crippen molar-refractivity contribution in [2.45, 2.75) is 20.3 Å². The molecule has 2 N–H and O–H groups in total. The number of hydrogen-bond acceptors (Lipinski definition) is 3. The Morgan fingerprint density at radius 3 is 2.58 bits per heavy atom. The third kappa shape index (κ3) is 1.84.